The summed E-state index contributed by atoms with van der Waals surface area (Å²) in [4.78, 5) is 1.28. The molecule has 1 unspecified atom stereocenters. The summed E-state index contributed by atoms with van der Waals surface area (Å²) in [6.45, 7) is 0. The van der Waals surface area contributed by atoms with Gasteiger partial charge in [-0.1, -0.05) is 15.9 Å². The predicted molar refractivity (Wildman–Crippen MR) is 82.8 cm³/mol. The summed E-state index contributed by atoms with van der Waals surface area (Å²) in [5.74, 6) is 0. The number of nitrogens with one attached hydrogen (secondary N) is 1. The van der Waals surface area contributed by atoms with E-state index in [0.717, 1.165) is 30.9 Å². The van der Waals surface area contributed by atoms with Gasteiger partial charge in [-0.05, 0) is 54.5 Å². The summed E-state index contributed by atoms with van der Waals surface area (Å²) >= 11 is 4.93. The van der Waals surface area contributed by atoms with Crippen LogP contribution in [0.1, 0.15) is 34.9 Å². The normalized spacial score (nSPS) is 18.4. The molecule has 1 heterocycles. The standard InChI is InChI=1S/C15H13BrF3NS/c16-9-4-5-11(15(17,18)19)13(8-9)20-12-2-1-3-14-10(12)6-7-21-14/h4-8,12,20H,1-3H2. The van der Waals surface area contributed by atoms with Crippen molar-refractivity contribution < 1.29 is 13.2 Å². The molecule has 2 aromatic rings. The number of thiophene rings is 1. The summed E-state index contributed by atoms with van der Waals surface area (Å²) in [6.07, 6.45) is -1.47. The van der Waals surface area contributed by atoms with Crippen molar-refractivity contribution in [2.75, 3.05) is 5.32 Å². The number of halogens is 4. The first-order valence-electron chi connectivity index (χ1n) is 6.64. The highest BCUT2D eigenvalue weighted by Crippen LogP contribution is 2.40. The minimum Gasteiger partial charge on any atom is -0.378 e. The minimum absolute atomic E-state index is 0.0459. The summed E-state index contributed by atoms with van der Waals surface area (Å²) in [5.41, 5.74) is 0.660. The number of rotatable bonds is 2. The van der Waals surface area contributed by atoms with E-state index < -0.39 is 11.7 Å². The summed E-state index contributed by atoms with van der Waals surface area (Å²) in [7, 11) is 0. The van der Waals surface area contributed by atoms with E-state index >= 15 is 0 Å². The van der Waals surface area contributed by atoms with Gasteiger partial charge in [0.15, 0.2) is 0 Å². The molecule has 21 heavy (non-hydrogen) atoms. The molecule has 1 nitrogen and oxygen atoms in total. The first-order chi connectivity index (χ1) is 9.95. The van der Waals surface area contributed by atoms with Gasteiger partial charge < -0.3 is 5.32 Å². The molecule has 3 rings (SSSR count). The van der Waals surface area contributed by atoms with E-state index in [1.165, 1.54) is 17.0 Å². The van der Waals surface area contributed by atoms with Crippen molar-refractivity contribution in [3.05, 3.63) is 50.1 Å². The molecule has 0 amide bonds. The number of hydrogen-bond acceptors (Lipinski definition) is 2. The van der Waals surface area contributed by atoms with Crippen LogP contribution in [0.4, 0.5) is 18.9 Å². The Morgan fingerprint density at radius 3 is 2.81 bits per heavy atom. The van der Waals surface area contributed by atoms with Crippen LogP contribution >= 0.6 is 27.3 Å². The first kappa shape index (κ1) is 14.9. The maximum absolute atomic E-state index is 13.1. The Labute approximate surface area is 133 Å². The zero-order valence-electron chi connectivity index (χ0n) is 11.0. The molecule has 1 atom stereocenters. The maximum atomic E-state index is 13.1. The molecule has 1 N–H and O–H groups in total. The first-order valence-corrected chi connectivity index (χ1v) is 8.32. The molecule has 1 aromatic carbocycles. The van der Waals surface area contributed by atoms with Crippen molar-refractivity contribution in [1.29, 1.82) is 0 Å². The molecular weight excluding hydrogens is 363 g/mol. The molecule has 112 valence electrons. The maximum Gasteiger partial charge on any atom is 0.418 e. The van der Waals surface area contributed by atoms with Gasteiger partial charge in [0.2, 0.25) is 0 Å². The van der Waals surface area contributed by atoms with Crippen LogP contribution in [0.5, 0.6) is 0 Å². The van der Waals surface area contributed by atoms with Crippen molar-refractivity contribution in [1.82, 2.24) is 0 Å². The van der Waals surface area contributed by atoms with Crippen LogP contribution in [0, 0.1) is 0 Å². The van der Waals surface area contributed by atoms with Crippen molar-refractivity contribution in [3.63, 3.8) is 0 Å². The lowest BCUT2D eigenvalue weighted by Crippen LogP contribution is -2.18. The molecule has 1 aliphatic rings. The van der Waals surface area contributed by atoms with Gasteiger partial charge in [-0.15, -0.1) is 11.3 Å². The lowest BCUT2D eigenvalue weighted by molar-refractivity contribution is -0.137. The second kappa shape index (κ2) is 5.65. The number of aryl methyl sites for hydroxylation is 1. The fourth-order valence-corrected chi connectivity index (χ4v) is 4.06. The number of hydrogen-bond donors (Lipinski definition) is 1. The molecule has 0 saturated carbocycles. The fraction of sp³-hybridized carbons (Fsp3) is 0.333. The van der Waals surface area contributed by atoms with Crippen molar-refractivity contribution >= 4 is 33.0 Å². The van der Waals surface area contributed by atoms with E-state index in [9.17, 15) is 13.2 Å². The molecule has 6 heteroatoms. The Balaban J connectivity index is 1.94. The smallest absolute Gasteiger partial charge is 0.378 e. The highest BCUT2D eigenvalue weighted by Gasteiger charge is 2.34. The van der Waals surface area contributed by atoms with Crippen LogP contribution in [0.3, 0.4) is 0 Å². The van der Waals surface area contributed by atoms with Gasteiger partial charge in [0.25, 0.3) is 0 Å². The van der Waals surface area contributed by atoms with Crippen LogP contribution in [-0.4, -0.2) is 0 Å². The molecule has 0 fully saturated rings. The third-order valence-corrected chi connectivity index (χ3v) is 5.16. The minimum atomic E-state index is -4.35. The van der Waals surface area contributed by atoms with E-state index in [4.69, 9.17) is 0 Å². The van der Waals surface area contributed by atoms with E-state index in [2.05, 4.69) is 21.2 Å². The van der Waals surface area contributed by atoms with Gasteiger partial charge in [0, 0.05) is 15.0 Å². The van der Waals surface area contributed by atoms with Crippen LogP contribution in [0.2, 0.25) is 0 Å². The number of anilines is 1. The SMILES string of the molecule is FC(F)(F)c1ccc(Br)cc1NC1CCCc2sccc21. The Morgan fingerprint density at radius 2 is 2.05 bits per heavy atom. The Bertz CT molecular complexity index is 651. The second-order valence-electron chi connectivity index (χ2n) is 5.08. The number of benzene rings is 1. The zero-order chi connectivity index (χ0) is 15.0. The van der Waals surface area contributed by atoms with Crippen molar-refractivity contribution in [2.24, 2.45) is 0 Å². The fourth-order valence-electron chi connectivity index (χ4n) is 2.71. The van der Waals surface area contributed by atoms with E-state index in [1.807, 2.05) is 11.4 Å². The van der Waals surface area contributed by atoms with E-state index in [1.54, 1.807) is 11.3 Å². The highest BCUT2D eigenvalue weighted by atomic mass is 79.9. The summed E-state index contributed by atoms with van der Waals surface area (Å²) in [5, 5.41) is 5.11. The van der Waals surface area contributed by atoms with Crippen LogP contribution < -0.4 is 5.32 Å². The average molecular weight is 376 g/mol. The molecule has 0 bridgehead atoms. The van der Waals surface area contributed by atoms with Crippen LogP contribution in [-0.2, 0) is 12.6 Å². The molecule has 0 spiro atoms. The van der Waals surface area contributed by atoms with Gasteiger partial charge in [-0.25, -0.2) is 0 Å². The zero-order valence-corrected chi connectivity index (χ0v) is 13.4. The van der Waals surface area contributed by atoms with Crippen LogP contribution in [0.25, 0.3) is 0 Å². The largest absolute Gasteiger partial charge is 0.418 e. The molecule has 0 aliphatic heterocycles. The molecular formula is C15H13BrF3NS. The average Bonchev–Trinajstić information content (AvgIpc) is 2.86. The van der Waals surface area contributed by atoms with Crippen LogP contribution in [0.15, 0.2) is 34.1 Å². The number of alkyl halides is 3. The topological polar surface area (TPSA) is 12.0 Å². The molecule has 1 aliphatic carbocycles. The summed E-state index contributed by atoms with van der Waals surface area (Å²) in [6, 6.07) is 6.01. The van der Waals surface area contributed by atoms with E-state index in [0.29, 0.717) is 4.47 Å². The highest BCUT2D eigenvalue weighted by molar-refractivity contribution is 9.10. The van der Waals surface area contributed by atoms with Crippen molar-refractivity contribution in [3.8, 4) is 0 Å². The summed E-state index contributed by atoms with van der Waals surface area (Å²) < 4.78 is 40.0. The van der Waals surface area contributed by atoms with E-state index in [-0.39, 0.29) is 11.7 Å². The van der Waals surface area contributed by atoms with Gasteiger partial charge in [-0.3, -0.25) is 0 Å². The molecule has 0 saturated heterocycles. The van der Waals surface area contributed by atoms with Gasteiger partial charge in [0.1, 0.15) is 0 Å². The van der Waals surface area contributed by atoms with Gasteiger partial charge in [0.05, 0.1) is 11.6 Å². The second-order valence-corrected chi connectivity index (χ2v) is 6.99. The Kier molecular flexibility index (Phi) is 4.01. The number of fused-ring (bicyclic) bond motifs is 1. The Morgan fingerprint density at radius 1 is 1.24 bits per heavy atom. The quantitative estimate of drug-likeness (QED) is 0.676. The molecule has 0 radical (unpaired) electrons. The monoisotopic (exact) mass is 375 g/mol. The van der Waals surface area contributed by atoms with Crippen molar-refractivity contribution in [2.45, 2.75) is 31.5 Å². The lowest BCUT2D eigenvalue weighted by Gasteiger charge is -2.26. The van der Waals surface area contributed by atoms with Gasteiger partial charge >= 0.3 is 6.18 Å². The predicted octanol–water partition coefficient (Wildman–Crippen LogP) is 6.02. The third kappa shape index (κ3) is 3.11. The third-order valence-electron chi connectivity index (χ3n) is 3.67. The lowest BCUT2D eigenvalue weighted by atomic mass is 9.93. The van der Waals surface area contributed by atoms with Gasteiger partial charge in [-0.2, -0.15) is 13.2 Å². The molecule has 1 aromatic heterocycles. The Hall–Kier alpha value is -1.01.